The van der Waals surface area contributed by atoms with E-state index in [9.17, 15) is 10.1 Å². The first-order valence-electron chi connectivity index (χ1n) is 9.30. The fourth-order valence-corrected chi connectivity index (χ4v) is 4.12. The minimum absolute atomic E-state index is 0.0178. The first kappa shape index (κ1) is 17.8. The van der Waals surface area contributed by atoms with Gasteiger partial charge in [-0.05, 0) is 31.9 Å². The van der Waals surface area contributed by atoms with Crippen molar-refractivity contribution in [2.45, 2.75) is 50.6 Å². The number of amides is 1. The Morgan fingerprint density at radius 1 is 1.28 bits per heavy atom. The minimum atomic E-state index is -0.674. The third-order valence-electron chi connectivity index (χ3n) is 5.55. The van der Waals surface area contributed by atoms with Gasteiger partial charge in [-0.25, -0.2) is 0 Å². The van der Waals surface area contributed by atoms with E-state index < -0.39 is 6.04 Å². The van der Waals surface area contributed by atoms with Gasteiger partial charge in [0.15, 0.2) is 0 Å². The molecule has 1 amide bonds. The predicted octanol–water partition coefficient (Wildman–Crippen LogP) is 3.03. The third-order valence-corrected chi connectivity index (χ3v) is 5.55. The summed E-state index contributed by atoms with van der Waals surface area (Å²) in [5, 5.41) is 12.4. The van der Waals surface area contributed by atoms with Gasteiger partial charge in [-0.1, -0.05) is 37.5 Å². The highest BCUT2D eigenvalue weighted by molar-refractivity contribution is 5.80. The number of methoxy groups -OCH3 is 1. The molecule has 5 nitrogen and oxygen atoms in total. The average molecular weight is 341 g/mol. The maximum atomic E-state index is 12.7. The molecule has 1 N–H and O–H groups in total. The Labute approximate surface area is 150 Å². The fourth-order valence-electron chi connectivity index (χ4n) is 4.12. The molecule has 25 heavy (non-hydrogen) atoms. The third kappa shape index (κ3) is 4.13. The summed E-state index contributed by atoms with van der Waals surface area (Å²) < 4.78 is 5.32. The van der Waals surface area contributed by atoms with Crippen LogP contribution in [0.25, 0.3) is 0 Å². The van der Waals surface area contributed by atoms with Crippen molar-refractivity contribution in [1.82, 2.24) is 10.2 Å². The van der Waals surface area contributed by atoms with E-state index in [1.165, 1.54) is 32.1 Å². The molecule has 1 saturated heterocycles. The normalized spacial score (nSPS) is 23.0. The smallest absolute Gasteiger partial charge is 0.225 e. The number of benzene rings is 1. The second-order valence-corrected chi connectivity index (χ2v) is 7.09. The van der Waals surface area contributed by atoms with Crippen LogP contribution in [0.3, 0.4) is 0 Å². The van der Waals surface area contributed by atoms with E-state index in [0.717, 1.165) is 19.5 Å². The Kier molecular flexibility index (Phi) is 5.93. The molecule has 3 rings (SSSR count). The number of nitrogens with zero attached hydrogens (tertiary/aromatic N) is 2. The van der Waals surface area contributed by atoms with Gasteiger partial charge in [0.1, 0.15) is 11.8 Å². The Bertz CT molecular complexity index is 634. The molecular weight excluding hydrogens is 314 g/mol. The largest absolute Gasteiger partial charge is 0.496 e. The average Bonchev–Trinajstić information content (AvgIpc) is 3.17. The summed E-state index contributed by atoms with van der Waals surface area (Å²) >= 11 is 0. The van der Waals surface area contributed by atoms with Crippen LogP contribution in [0, 0.1) is 17.2 Å². The van der Waals surface area contributed by atoms with Crippen molar-refractivity contribution in [3.05, 3.63) is 29.8 Å². The number of carbonyl (C=O) groups is 1. The Morgan fingerprint density at radius 3 is 2.76 bits per heavy atom. The van der Waals surface area contributed by atoms with Crippen LogP contribution >= 0.6 is 0 Å². The number of hydrogen-bond donors (Lipinski definition) is 1. The molecule has 5 heteroatoms. The van der Waals surface area contributed by atoms with Gasteiger partial charge in [0.05, 0.1) is 19.1 Å². The highest BCUT2D eigenvalue weighted by atomic mass is 16.5. The summed E-state index contributed by atoms with van der Waals surface area (Å²) in [5.74, 6) is 0.591. The van der Waals surface area contributed by atoms with Crippen LogP contribution in [-0.4, -0.2) is 37.0 Å². The molecule has 1 aliphatic carbocycles. The van der Waals surface area contributed by atoms with Gasteiger partial charge in [-0.3, -0.25) is 9.69 Å². The van der Waals surface area contributed by atoms with Crippen molar-refractivity contribution in [3.8, 4) is 11.8 Å². The Morgan fingerprint density at radius 2 is 2.04 bits per heavy atom. The summed E-state index contributed by atoms with van der Waals surface area (Å²) in [4.78, 5) is 15.2. The highest BCUT2D eigenvalue weighted by Gasteiger charge is 2.33. The van der Waals surface area contributed by atoms with Gasteiger partial charge < -0.3 is 10.1 Å². The minimum Gasteiger partial charge on any atom is -0.496 e. The molecule has 0 unspecified atom stereocenters. The second-order valence-electron chi connectivity index (χ2n) is 7.09. The zero-order chi connectivity index (χ0) is 17.6. The van der Waals surface area contributed by atoms with E-state index in [-0.39, 0.29) is 11.8 Å². The SMILES string of the molecule is COc1ccccc1[C@H](C#N)NC(=O)[C@@H]1CCN(C2CCCCC2)C1. The van der Waals surface area contributed by atoms with Crippen LogP contribution < -0.4 is 10.1 Å². The Hall–Kier alpha value is -2.06. The zero-order valence-electron chi connectivity index (χ0n) is 14.9. The number of para-hydroxylation sites is 1. The lowest BCUT2D eigenvalue weighted by Crippen LogP contribution is -2.38. The van der Waals surface area contributed by atoms with E-state index in [2.05, 4.69) is 16.3 Å². The van der Waals surface area contributed by atoms with Crippen LogP contribution in [0.15, 0.2) is 24.3 Å². The summed E-state index contributed by atoms with van der Waals surface area (Å²) in [6.07, 6.45) is 7.36. The number of carbonyl (C=O) groups excluding carboxylic acids is 1. The molecule has 1 aromatic carbocycles. The molecular formula is C20H27N3O2. The maximum Gasteiger partial charge on any atom is 0.225 e. The molecule has 134 valence electrons. The lowest BCUT2D eigenvalue weighted by atomic mass is 9.94. The molecule has 0 spiro atoms. The predicted molar refractivity (Wildman–Crippen MR) is 96.0 cm³/mol. The lowest BCUT2D eigenvalue weighted by Gasteiger charge is -2.31. The van der Waals surface area contributed by atoms with Crippen LogP contribution in [0.2, 0.25) is 0 Å². The van der Waals surface area contributed by atoms with Crippen molar-refractivity contribution in [3.63, 3.8) is 0 Å². The first-order valence-corrected chi connectivity index (χ1v) is 9.30. The molecule has 0 aromatic heterocycles. The number of nitriles is 1. The standard InChI is InChI=1S/C20H27N3O2/c1-25-19-10-6-5-9-17(19)18(13-21)22-20(24)15-11-12-23(14-15)16-7-3-2-4-8-16/h5-6,9-10,15-16,18H,2-4,7-8,11-12,14H2,1H3,(H,22,24)/t15-,18+/m1/s1. The van der Waals surface area contributed by atoms with E-state index in [1.807, 2.05) is 24.3 Å². The number of rotatable bonds is 5. The second kappa shape index (κ2) is 8.35. The number of nitrogens with one attached hydrogen (secondary N) is 1. The van der Waals surface area contributed by atoms with E-state index in [1.54, 1.807) is 7.11 Å². The number of hydrogen-bond acceptors (Lipinski definition) is 4. The van der Waals surface area contributed by atoms with Gasteiger partial charge >= 0.3 is 0 Å². The summed E-state index contributed by atoms with van der Waals surface area (Å²) in [5.41, 5.74) is 0.711. The molecule has 1 aliphatic heterocycles. The van der Waals surface area contributed by atoms with Gasteiger partial charge in [-0.2, -0.15) is 5.26 Å². The van der Waals surface area contributed by atoms with E-state index in [4.69, 9.17) is 4.74 Å². The van der Waals surface area contributed by atoms with Crippen molar-refractivity contribution in [2.24, 2.45) is 5.92 Å². The molecule has 1 saturated carbocycles. The maximum absolute atomic E-state index is 12.7. The van der Waals surface area contributed by atoms with Gasteiger partial charge in [0.2, 0.25) is 5.91 Å². The Balaban J connectivity index is 1.60. The summed E-state index contributed by atoms with van der Waals surface area (Å²) in [6, 6.07) is 9.52. The van der Waals surface area contributed by atoms with E-state index >= 15 is 0 Å². The van der Waals surface area contributed by atoms with Crippen LogP contribution in [0.5, 0.6) is 5.75 Å². The van der Waals surface area contributed by atoms with Crippen molar-refractivity contribution < 1.29 is 9.53 Å². The zero-order valence-corrected chi connectivity index (χ0v) is 14.9. The topological polar surface area (TPSA) is 65.4 Å². The highest BCUT2D eigenvalue weighted by Crippen LogP contribution is 2.29. The molecule has 1 aromatic rings. The lowest BCUT2D eigenvalue weighted by molar-refractivity contribution is -0.125. The van der Waals surface area contributed by atoms with Crippen LogP contribution in [0.1, 0.15) is 50.1 Å². The van der Waals surface area contributed by atoms with Crippen molar-refractivity contribution in [1.29, 1.82) is 5.26 Å². The molecule has 2 fully saturated rings. The summed E-state index contributed by atoms with van der Waals surface area (Å²) in [7, 11) is 1.58. The number of likely N-dealkylation sites (tertiary alicyclic amines) is 1. The van der Waals surface area contributed by atoms with E-state index in [0.29, 0.717) is 17.4 Å². The van der Waals surface area contributed by atoms with Gasteiger partial charge in [0.25, 0.3) is 0 Å². The van der Waals surface area contributed by atoms with Crippen molar-refractivity contribution in [2.75, 3.05) is 20.2 Å². The molecule has 1 heterocycles. The fraction of sp³-hybridized carbons (Fsp3) is 0.600. The molecule has 0 radical (unpaired) electrons. The number of ether oxygens (including phenoxy) is 1. The quantitative estimate of drug-likeness (QED) is 0.894. The van der Waals surface area contributed by atoms with Crippen LogP contribution in [-0.2, 0) is 4.79 Å². The first-order chi connectivity index (χ1) is 12.2. The van der Waals surface area contributed by atoms with Crippen molar-refractivity contribution >= 4 is 5.91 Å². The van der Waals surface area contributed by atoms with Gasteiger partial charge in [0, 0.05) is 18.2 Å². The molecule has 2 atom stereocenters. The monoisotopic (exact) mass is 341 g/mol. The molecule has 0 bridgehead atoms. The van der Waals surface area contributed by atoms with Gasteiger partial charge in [-0.15, -0.1) is 0 Å². The van der Waals surface area contributed by atoms with Crippen LogP contribution in [0.4, 0.5) is 0 Å². The summed E-state index contributed by atoms with van der Waals surface area (Å²) in [6.45, 7) is 1.81. The molecule has 2 aliphatic rings.